The van der Waals surface area contributed by atoms with Gasteiger partial charge in [0.2, 0.25) is 0 Å². The number of aliphatic hydroxyl groups excluding tert-OH is 1. The fourth-order valence-corrected chi connectivity index (χ4v) is 3.36. The average Bonchev–Trinajstić information content (AvgIpc) is 2.67. The third-order valence-electron chi connectivity index (χ3n) is 5.03. The molecule has 2 aromatic carbocycles. The molecule has 0 aromatic heterocycles. The summed E-state index contributed by atoms with van der Waals surface area (Å²) >= 11 is 0. The summed E-state index contributed by atoms with van der Waals surface area (Å²) in [5, 5.41) is 24.6. The molecule has 0 aliphatic carbocycles. The van der Waals surface area contributed by atoms with Crippen molar-refractivity contribution in [2.45, 2.75) is 45.0 Å². The Morgan fingerprint density at radius 3 is 2.62 bits per heavy atom. The van der Waals surface area contributed by atoms with Gasteiger partial charge in [0.25, 0.3) is 5.69 Å². The number of alkyl carbamates (subject to hydrolysis) is 1. The van der Waals surface area contributed by atoms with Crippen molar-refractivity contribution in [3.8, 4) is 5.75 Å². The van der Waals surface area contributed by atoms with Crippen LogP contribution in [-0.2, 0) is 11.2 Å². The molecule has 1 heterocycles. The summed E-state index contributed by atoms with van der Waals surface area (Å²) in [6, 6.07) is 12.5. The van der Waals surface area contributed by atoms with Gasteiger partial charge < -0.3 is 19.9 Å². The Morgan fingerprint density at radius 2 is 1.97 bits per heavy atom. The Bertz CT molecular complexity index is 913. The normalized spacial score (nSPS) is 19.6. The van der Waals surface area contributed by atoms with E-state index >= 15 is 0 Å². The van der Waals surface area contributed by atoms with Gasteiger partial charge in [-0.1, -0.05) is 30.3 Å². The maximum Gasteiger partial charge on any atom is 0.407 e. The highest BCUT2D eigenvalue weighted by Gasteiger charge is 2.46. The Kier molecular flexibility index (Phi) is 5.74. The van der Waals surface area contributed by atoms with Gasteiger partial charge in [0.15, 0.2) is 6.10 Å². The monoisotopic (exact) mass is 400 g/mol. The number of fused-ring (bicyclic) bond motifs is 1. The number of carbonyl (C=O) groups is 1. The van der Waals surface area contributed by atoms with E-state index in [4.69, 9.17) is 9.47 Å². The van der Waals surface area contributed by atoms with Gasteiger partial charge in [-0.15, -0.1) is 0 Å². The molecule has 0 radical (unpaired) electrons. The summed E-state index contributed by atoms with van der Waals surface area (Å²) < 4.78 is 11.3. The Labute approximate surface area is 168 Å². The van der Waals surface area contributed by atoms with Crippen molar-refractivity contribution in [1.82, 2.24) is 5.32 Å². The molecular weight excluding hydrogens is 376 g/mol. The molecule has 0 fully saturated rings. The molecule has 1 amide bonds. The summed E-state index contributed by atoms with van der Waals surface area (Å²) in [7, 11) is 0. The first-order valence-corrected chi connectivity index (χ1v) is 9.34. The van der Waals surface area contributed by atoms with Gasteiger partial charge in [-0.05, 0) is 38.8 Å². The van der Waals surface area contributed by atoms with Crippen LogP contribution >= 0.6 is 0 Å². The Morgan fingerprint density at radius 1 is 1.28 bits per heavy atom. The molecule has 3 rings (SSSR count). The molecule has 2 aromatic rings. The second-order valence-electron chi connectivity index (χ2n) is 7.52. The number of hydrogen-bond donors (Lipinski definition) is 2. The first-order chi connectivity index (χ1) is 13.7. The van der Waals surface area contributed by atoms with E-state index in [1.807, 2.05) is 30.3 Å². The fourth-order valence-electron chi connectivity index (χ4n) is 3.36. The van der Waals surface area contributed by atoms with Gasteiger partial charge in [-0.3, -0.25) is 10.1 Å². The summed E-state index contributed by atoms with van der Waals surface area (Å²) in [5.74, 6) is 0.261. The number of aliphatic hydroxyl groups is 1. The standard InChI is InChI=1S/C21H24N2O6/c1-13-16(23(26)27)10-9-15-17(13)29-21(2,3)19(24)18(15)28-20(25)22-12-11-14-7-5-4-6-8-14/h4-10,18-19,24H,11-12H2,1-3H3,(H,22,25)/t18-,19+/m0/s1. The predicted octanol–water partition coefficient (Wildman–Crippen LogP) is 3.45. The number of nitrogens with zero attached hydrogens (tertiary/aromatic N) is 1. The van der Waals surface area contributed by atoms with Crippen molar-refractivity contribution in [3.05, 3.63) is 69.3 Å². The zero-order valence-corrected chi connectivity index (χ0v) is 16.5. The van der Waals surface area contributed by atoms with Crippen molar-refractivity contribution in [2.75, 3.05) is 6.54 Å². The van der Waals surface area contributed by atoms with Gasteiger partial charge in [-0.25, -0.2) is 4.79 Å². The molecule has 1 aliphatic rings. The lowest BCUT2D eigenvalue weighted by Gasteiger charge is -2.41. The molecule has 154 valence electrons. The molecule has 1 aliphatic heterocycles. The summed E-state index contributed by atoms with van der Waals surface area (Å²) in [6.45, 7) is 5.23. The van der Waals surface area contributed by atoms with Gasteiger partial charge in [0.05, 0.1) is 10.5 Å². The highest BCUT2D eigenvalue weighted by atomic mass is 16.6. The van der Waals surface area contributed by atoms with Crippen LogP contribution in [0.5, 0.6) is 5.75 Å². The summed E-state index contributed by atoms with van der Waals surface area (Å²) in [6.07, 6.45) is -2.19. The number of amides is 1. The van der Waals surface area contributed by atoms with Crippen LogP contribution in [0.25, 0.3) is 0 Å². The quantitative estimate of drug-likeness (QED) is 0.587. The van der Waals surface area contributed by atoms with E-state index in [2.05, 4.69) is 5.32 Å². The topological polar surface area (TPSA) is 111 Å². The zero-order valence-electron chi connectivity index (χ0n) is 16.5. The Balaban J connectivity index is 1.77. The van der Waals surface area contributed by atoms with Crippen LogP contribution in [0.1, 0.15) is 36.6 Å². The van der Waals surface area contributed by atoms with Crippen molar-refractivity contribution in [2.24, 2.45) is 0 Å². The van der Waals surface area contributed by atoms with E-state index in [-0.39, 0.29) is 11.4 Å². The highest BCUT2D eigenvalue weighted by Crippen LogP contribution is 2.45. The van der Waals surface area contributed by atoms with E-state index < -0.39 is 28.8 Å². The minimum absolute atomic E-state index is 0.0954. The van der Waals surface area contributed by atoms with E-state index in [0.717, 1.165) is 5.56 Å². The first-order valence-electron chi connectivity index (χ1n) is 9.34. The maximum absolute atomic E-state index is 12.3. The lowest BCUT2D eigenvalue weighted by atomic mass is 9.87. The van der Waals surface area contributed by atoms with E-state index in [0.29, 0.717) is 24.1 Å². The molecule has 8 nitrogen and oxygen atoms in total. The van der Waals surface area contributed by atoms with E-state index in [9.17, 15) is 20.0 Å². The largest absolute Gasteiger partial charge is 0.484 e. The van der Waals surface area contributed by atoms with Crippen molar-refractivity contribution < 1.29 is 24.3 Å². The smallest absolute Gasteiger partial charge is 0.407 e. The molecule has 2 N–H and O–H groups in total. The average molecular weight is 400 g/mol. The number of ether oxygens (including phenoxy) is 2. The van der Waals surface area contributed by atoms with E-state index in [1.54, 1.807) is 20.8 Å². The lowest BCUT2D eigenvalue weighted by molar-refractivity contribution is -0.385. The zero-order chi connectivity index (χ0) is 21.2. The third kappa shape index (κ3) is 4.32. The molecule has 0 saturated carbocycles. The number of hydrogen-bond acceptors (Lipinski definition) is 6. The maximum atomic E-state index is 12.3. The van der Waals surface area contributed by atoms with Crippen LogP contribution in [-0.4, -0.2) is 34.4 Å². The number of nitro groups is 1. The number of benzene rings is 2. The van der Waals surface area contributed by atoms with Crippen LogP contribution < -0.4 is 10.1 Å². The number of nitrogens with one attached hydrogen (secondary N) is 1. The minimum atomic E-state index is -1.14. The van der Waals surface area contributed by atoms with Crippen molar-refractivity contribution >= 4 is 11.8 Å². The molecule has 2 atom stereocenters. The first kappa shape index (κ1) is 20.6. The number of rotatable bonds is 5. The molecule has 29 heavy (non-hydrogen) atoms. The molecule has 8 heteroatoms. The third-order valence-corrected chi connectivity index (χ3v) is 5.03. The second-order valence-corrected chi connectivity index (χ2v) is 7.52. The highest BCUT2D eigenvalue weighted by molar-refractivity contribution is 5.68. The van der Waals surface area contributed by atoms with Crippen LogP contribution in [0.4, 0.5) is 10.5 Å². The predicted molar refractivity (Wildman–Crippen MR) is 106 cm³/mol. The molecule has 0 unspecified atom stereocenters. The van der Waals surface area contributed by atoms with Crippen LogP contribution in [0.2, 0.25) is 0 Å². The summed E-state index contributed by atoms with van der Waals surface area (Å²) in [4.78, 5) is 23.1. The van der Waals surface area contributed by atoms with E-state index in [1.165, 1.54) is 12.1 Å². The van der Waals surface area contributed by atoms with Gasteiger partial charge in [-0.2, -0.15) is 0 Å². The molecule has 0 spiro atoms. The molecule has 0 bridgehead atoms. The van der Waals surface area contributed by atoms with Gasteiger partial charge in [0.1, 0.15) is 17.5 Å². The molecular formula is C21H24N2O6. The van der Waals surface area contributed by atoms with Crippen LogP contribution in [0.15, 0.2) is 42.5 Å². The minimum Gasteiger partial charge on any atom is -0.484 e. The van der Waals surface area contributed by atoms with Crippen LogP contribution in [0.3, 0.4) is 0 Å². The summed E-state index contributed by atoms with van der Waals surface area (Å²) in [5.41, 5.74) is 0.612. The van der Waals surface area contributed by atoms with Gasteiger partial charge >= 0.3 is 6.09 Å². The van der Waals surface area contributed by atoms with Gasteiger partial charge in [0, 0.05) is 18.2 Å². The Hall–Kier alpha value is -3.13. The molecule has 0 saturated heterocycles. The van der Waals surface area contributed by atoms with Crippen molar-refractivity contribution in [3.63, 3.8) is 0 Å². The fraction of sp³-hybridized carbons (Fsp3) is 0.381. The number of carbonyl (C=O) groups excluding carboxylic acids is 1. The second kappa shape index (κ2) is 8.08. The number of nitro benzene ring substituents is 1. The lowest BCUT2D eigenvalue weighted by Crippen LogP contribution is -2.50. The van der Waals surface area contributed by atoms with Crippen molar-refractivity contribution in [1.29, 1.82) is 0 Å². The SMILES string of the molecule is Cc1c([N+](=O)[O-])ccc2c1OC(C)(C)[C@H](O)[C@H]2OC(=O)NCCc1ccccc1. The van der Waals surface area contributed by atoms with Crippen LogP contribution in [0, 0.1) is 17.0 Å².